The van der Waals surface area contributed by atoms with Gasteiger partial charge in [-0.2, -0.15) is 0 Å². The lowest BCUT2D eigenvalue weighted by Crippen LogP contribution is -2.01. The first-order valence-corrected chi connectivity index (χ1v) is 4.24. The average Bonchev–Trinajstić information content (AvgIpc) is 2.87. The molecule has 1 fully saturated rings. The molecule has 1 aliphatic rings. The molecular formula is C8H9N3O3. The zero-order valence-electron chi connectivity index (χ0n) is 7.34. The molecule has 0 unspecified atom stereocenters. The summed E-state index contributed by atoms with van der Waals surface area (Å²) in [6, 6.07) is 2.78. The van der Waals surface area contributed by atoms with Crippen molar-refractivity contribution >= 4 is 11.6 Å². The van der Waals surface area contributed by atoms with Gasteiger partial charge in [-0.25, -0.2) is 0 Å². The molecule has 1 aromatic rings. The van der Waals surface area contributed by atoms with Crippen LogP contribution in [-0.4, -0.2) is 16.0 Å². The zero-order valence-corrected chi connectivity index (χ0v) is 7.34. The summed E-state index contributed by atoms with van der Waals surface area (Å²) in [5.74, 6) is 0.252. The Bertz CT molecular complexity index is 376. The first kappa shape index (κ1) is 8.74. The van der Waals surface area contributed by atoms with Gasteiger partial charge in [0.05, 0.1) is 12.2 Å². The number of nitrogens with two attached hydrogens (primary N) is 1. The van der Waals surface area contributed by atoms with Gasteiger partial charge in [0.25, 0.3) is 0 Å². The Hall–Kier alpha value is -1.85. The third-order valence-corrected chi connectivity index (χ3v) is 1.82. The van der Waals surface area contributed by atoms with Crippen molar-refractivity contribution in [1.29, 1.82) is 0 Å². The minimum absolute atomic E-state index is 0.106. The highest BCUT2D eigenvalue weighted by Gasteiger charge is 2.24. The number of ether oxygens (including phenoxy) is 1. The van der Waals surface area contributed by atoms with Gasteiger partial charge in [-0.3, -0.25) is 0 Å². The number of aromatic nitrogens is 1. The van der Waals surface area contributed by atoms with Gasteiger partial charge in [0.1, 0.15) is 5.75 Å². The van der Waals surface area contributed by atoms with Crippen LogP contribution in [0.15, 0.2) is 12.1 Å². The molecule has 0 bridgehead atoms. The lowest BCUT2D eigenvalue weighted by atomic mass is 10.4. The zero-order chi connectivity index (χ0) is 10.1. The molecule has 0 atom stereocenters. The van der Waals surface area contributed by atoms with Gasteiger partial charge in [0.15, 0.2) is 0 Å². The summed E-state index contributed by atoms with van der Waals surface area (Å²) in [6.07, 6.45) is 2.18. The molecule has 0 saturated heterocycles. The highest BCUT2D eigenvalue weighted by molar-refractivity contribution is 5.43. The highest BCUT2D eigenvalue weighted by Crippen LogP contribution is 2.29. The van der Waals surface area contributed by atoms with Gasteiger partial charge in [-0.1, -0.05) is 0 Å². The van der Waals surface area contributed by atoms with Crippen LogP contribution in [0.1, 0.15) is 12.8 Å². The SMILES string of the molecule is Nc1cc(OC2CC2)cc([N+](=O)[O-])n1. The van der Waals surface area contributed by atoms with E-state index >= 15 is 0 Å². The highest BCUT2D eigenvalue weighted by atomic mass is 16.6. The summed E-state index contributed by atoms with van der Waals surface area (Å²) in [4.78, 5) is 13.4. The Morgan fingerprint density at radius 1 is 1.57 bits per heavy atom. The first-order valence-electron chi connectivity index (χ1n) is 4.24. The van der Waals surface area contributed by atoms with Gasteiger partial charge in [-0.15, -0.1) is 0 Å². The second kappa shape index (κ2) is 3.13. The summed E-state index contributed by atoms with van der Waals surface area (Å²) in [6.45, 7) is 0. The normalized spacial score (nSPS) is 15.1. The first-order chi connectivity index (χ1) is 6.65. The van der Waals surface area contributed by atoms with Crippen LogP contribution in [0.2, 0.25) is 0 Å². The fraction of sp³-hybridized carbons (Fsp3) is 0.375. The molecule has 0 amide bonds. The van der Waals surface area contributed by atoms with Crippen molar-refractivity contribution in [2.24, 2.45) is 0 Å². The van der Waals surface area contributed by atoms with Crippen molar-refractivity contribution in [2.45, 2.75) is 18.9 Å². The number of nitrogen functional groups attached to an aromatic ring is 1. The van der Waals surface area contributed by atoms with Crippen LogP contribution in [0.4, 0.5) is 11.6 Å². The van der Waals surface area contributed by atoms with Crippen molar-refractivity contribution in [1.82, 2.24) is 4.98 Å². The minimum atomic E-state index is -0.587. The predicted octanol–water partition coefficient (Wildman–Crippen LogP) is 1.11. The summed E-state index contributed by atoms with van der Waals surface area (Å²) in [7, 11) is 0. The monoisotopic (exact) mass is 195 g/mol. The van der Waals surface area contributed by atoms with E-state index in [1.807, 2.05) is 0 Å². The lowest BCUT2D eigenvalue weighted by Gasteiger charge is -2.02. The Morgan fingerprint density at radius 2 is 2.29 bits per heavy atom. The molecule has 0 aliphatic heterocycles. The van der Waals surface area contributed by atoms with E-state index < -0.39 is 4.92 Å². The Labute approximate surface area is 79.8 Å². The molecule has 1 aliphatic carbocycles. The summed E-state index contributed by atoms with van der Waals surface area (Å²) in [5, 5.41) is 10.4. The Kier molecular flexibility index (Phi) is 1.95. The lowest BCUT2D eigenvalue weighted by molar-refractivity contribution is -0.389. The van der Waals surface area contributed by atoms with E-state index in [1.165, 1.54) is 12.1 Å². The molecule has 74 valence electrons. The number of hydrogen-bond acceptors (Lipinski definition) is 5. The maximum atomic E-state index is 10.4. The van der Waals surface area contributed by atoms with Crippen LogP contribution in [0.3, 0.4) is 0 Å². The van der Waals surface area contributed by atoms with E-state index in [2.05, 4.69) is 4.98 Å². The quantitative estimate of drug-likeness (QED) is 0.576. The Balaban J connectivity index is 2.25. The van der Waals surface area contributed by atoms with Crippen LogP contribution in [-0.2, 0) is 0 Å². The largest absolute Gasteiger partial charge is 0.490 e. The summed E-state index contributed by atoms with van der Waals surface area (Å²) in [5.41, 5.74) is 5.40. The molecular weight excluding hydrogens is 186 g/mol. The van der Waals surface area contributed by atoms with Crippen molar-refractivity contribution in [3.8, 4) is 5.75 Å². The molecule has 6 heteroatoms. The molecule has 1 saturated carbocycles. The van der Waals surface area contributed by atoms with Gasteiger partial charge < -0.3 is 20.6 Å². The van der Waals surface area contributed by atoms with E-state index in [4.69, 9.17) is 10.5 Å². The standard InChI is InChI=1S/C8H9N3O3/c9-7-3-6(14-5-1-2-5)4-8(10-7)11(12)13/h3-5H,1-2H2,(H2,9,10). The molecule has 2 N–H and O–H groups in total. The minimum Gasteiger partial charge on any atom is -0.490 e. The molecule has 1 aromatic heterocycles. The number of nitrogens with zero attached hydrogens (tertiary/aromatic N) is 2. The molecule has 6 nitrogen and oxygen atoms in total. The topological polar surface area (TPSA) is 91.3 Å². The van der Waals surface area contributed by atoms with Gasteiger partial charge in [-0.05, 0) is 22.7 Å². The van der Waals surface area contributed by atoms with E-state index in [0.29, 0.717) is 5.75 Å². The fourth-order valence-electron chi connectivity index (χ4n) is 1.05. The van der Waals surface area contributed by atoms with Crippen LogP contribution in [0, 0.1) is 10.1 Å². The number of rotatable bonds is 3. The molecule has 0 aromatic carbocycles. The van der Waals surface area contributed by atoms with E-state index in [-0.39, 0.29) is 17.7 Å². The average molecular weight is 195 g/mol. The van der Waals surface area contributed by atoms with Crippen molar-refractivity contribution < 1.29 is 9.66 Å². The molecule has 0 spiro atoms. The summed E-state index contributed by atoms with van der Waals surface area (Å²) >= 11 is 0. The fourth-order valence-corrected chi connectivity index (χ4v) is 1.05. The number of nitro groups is 1. The number of hydrogen-bond donors (Lipinski definition) is 1. The number of anilines is 1. The van der Waals surface area contributed by atoms with E-state index in [1.54, 1.807) is 0 Å². The van der Waals surface area contributed by atoms with Crippen LogP contribution >= 0.6 is 0 Å². The maximum Gasteiger partial charge on any atom is 0.369 e. The smallest absolute Gasteiger partial charge is 0.369 e. The molecule has 2 rings (SSSR count). The molecule has 0 radical (unpaired) electrons. The van der Waals surface area contributed by atoms with Gasteiger partial charge >= 0.3 is 5.82 Å². The molecule has 14 heavy (non-hydrogen) atoms. The third-order valence-electron chi connectivity index (χ3n) is 1.82. The third kappa shape index (κ3) is 1.90. The number of pyridine rings is 1. The second-order valence-electron chi connectivity index (χ2n) is 3.16. The van der Waals surface area contributed by atoms with Gasteiger partial charge in [0.2, 0.25) is 5.82 Å². The van der Waals surface area contributed by atoms with Crippen LogP contribution < -0.4 is 10.5 Å². The molecule has 1 heterocycles. The predicted molar refractivity (Wildman–Crippen MR) is 49.0 cm³/mol. The van der Waals surface area contributed by atoms with Crippen molar-refractivity contribution in [3.63, 3.8) is 0 Å². The van der Waals surface area contributed by atoms with Crippen molar-refractivity contribution in [2.75, 3.05) is 5.73 Å². The van der Waals surface area contributed by atoms with Crippen LogP contribution in [0.5, 0.6) is 5.75 Å². The second-order valence-corrected chi connectivity index (χ2v) is 3.16. The maximum absolute atomic E-state index is 10.4. The van der Waals surface area contributed by atoms with Crippen molar-refractivity contribution in [3.05, 3.63) is 22.2 Å². The summed E-state index contributed by atoms with van der Waals surface area (Å²) < 4.78 is 5.37. The van der Waals surface area contributed by atoms with Gasteiger partial charge in [0, 0.05) is 6.07 Å². The van der Waals surface area contributed by atoms with E-state index in [9.17, 15) is 10.1 Å². The Morgan fingerprint density at radius 3 is 2.86 bits per heavy atom. The van der Waals surface area contributed by atoms with E-state index in [0.717, 1.165) is 12.8 Å². The van der Waals surface area contributed by atoms with Crippen LogP contribution in [0.25, 0.3) is 0 Å².